The summed E-state index contributed by atoms with van der Waals surface area (Å²) in [6.07, 6.45) is 5.35. The molecule has 3 nitrogen and oxygen atoms in total. The van der Waals surface area contributed by atoms with Crippen LogP contribution in [0.1, 0.15) is 48.5 Å². The third kappa shape index (κ3) is 3.49. The highest BCUT2D eigenvalue weighted by molar-refractivity contribution is 5.88. The minimum Gasteiger partial charge on any atom is -0.478 e. The maximum absolute atomic E-state index is 10.9. The number of benzene rings is 1. The minimum absolute atomic E-state index is 0.356. The minimum atomic E-state index is -0.865. The quantitative estimate of drug-likeness (QED) is 0.863. The number of carbonyl (C=O) groups is 1. The van der Waals surface area contributed by atoms with Gasteiger partial charge in [0.05, 0.1) is 5.56 Å². The van der Waals surface area contributed by atoms with Crippen molar-refractivity contribution in [3.63, 3.8) is 0 Å². The van der Waals surface area contributed by atoms with Crippen molar-refractivity contribution in [3.8, 4) is 0 Å². The van der Waals surface area contributed by atoms with Crippen LogP contribution in [-0.2, 0) is 0 Å². The molecule has 1 aliphatic rings. The van der Waals surface area contributed by atoms with Crippen LogP contribution < -0.4 is 5.32 Å². The second-order valence-electron chi connectivity index (χ2n) is 5.74. The van der Waals surface area contributed by atoms with Gasteiger partial charge in [0.2, 0.25) is 0 Å². The molecule has 0 spiro atoms. The zero-order valence-corrected chi connectivity index (χ0v) is 11.8. The Morgan fingerprint density at radius 3 is 2.74 bits per heavy atom. The van der Waals surface area contributed by atoms with Gasteiger partial charge >= 0.3 is 5.97 Å². The second-order valence-corrected chi connectivity index (χ2v) is 5.74. The average molecular weight is 261 g/mol. The Bertz CT molecular complexity index is 456. The Balaban J connectivity index is 1.97. The fourth-order valence-electron chi connectivity index (χ4n) is 2.93. The molecule has 1 fully saturated rings. The summed E-state index contributed by atoms with van der Waals surface area (Å²) in [6, 6.07) is 5.28. The van der Waals surface area contributed by atoms with Crippen LogP contribution in [0.25, 0.3) is 0 Å². The van der Waals surface area contributed by atoms with E-state index in [1.165, 1.54) is 25.7 Å². The van der Waals surface area contributed by atoms with Gasteiger partial charge in [-0.05, 0) is 48.9 Å². The van der Waals surface area contributed by atoms with Crippen molar-refractivity contribution < 1.29 is 9.90 Å². The van der Waals surface area contributed by atoms with E-state index in [0.29, 0.717) is 5.56 Å². The standard InChI is InChI=1S/C16H23NO2/c1-11-5-3-4-6-14(11)10-17-15-8-7-13(16(18)19)9-12(15)2/h7-9,11,14,17H,3-6,10H2,1-2H3,(H,18,19). The van der Waals surface area contributed by atoms with E-state index in [1.807, 2.05) is 13.0 Å². The molecule has 0 aliphatic heterocycles. The number of rotatable bonds is 4. The number of aromatic carboxylic acids is 1. The molecule has 1 aromatic rings. The van der Waals surface area contributed by atoms with Crippen molar-refractivity contribution in [1.29, 1.82) is 0 Å². The van der Waals surface area contributed by atoms with Gasteiger partial charge in [0.25, 0.3) is 0 Å². The van der Waals surface area contributed by atoms with E-state index < -0.39 is 5.97 Å². The van der Waals surface area contributed by atoms with Crippen LogP contribution in [0.2, 0.25) is 0 Å². The molecule has 3 heteroatoms. The average Bonchev–Trinajstić information content (AvgIpc) is 2.39. The van der Waals surface area contributed by atoms with Crippen molar-refractivity contribution in [3.05, 3.63) is 29.3 Å². The van der Waals surface area contributed by atoms with Gasteiger partial charge in [-0.2, -0.15) is 0 Å². The summed E-state index contributed by atoms with van der Waals surface area (Å²) in [5.41, 5.74) is 2.42. The molecule has 1 saturated carbocycles. The van der Waals surface area contributed by atoms with Gasteiger partial charge in [0.15, 0.2) is 0 Å². The first kappa shape index (κ1) is 13.9. The van der Waals surface area contributed by atoms with Crippen LogP contribution in [-0.4, -0.2) is 17.6 Å². The molecule has 0 saturated heterocycles. The van der Waals surface area contributed by atoms with Gasteiger partial charge in [-0.3, -0.25) is 0 Å². The van der Waals surface area contributed by atoms with E-state index in [1.54, 1.807) is 12.1 Å². The summed E-state index contributed by atoms with van der Waals surface area (Å²) in [6.45, 7) is 5.29. The van der Waals surface area contributed by atoms with E-state index in [-0.39, 0.29) is 0 Å². The van der Waals surface area contributed by atoms with Gasteiger partial charge in [-0.25, -0.2) is 4.79 Å². The smallest absolute Gasteiger partial charge is 0.335 e. The van der Waals surface area contributed by atoms with Gasteiger partial charge < -0.3 is 10.4 Å². The lowest BCUT2D eigenvalue weighted by atomic mass is 9.80. The van der Waals surface area contributed by atoms with E-state index in [0.717, 1.165) is 29.6 Å². The van der Waals surface area contributed by atoms with Crippen LogP contribution >= 0.6 is 0 Å². The zero-order chi connectivity index (χ0) is 13.8. The molecular formula is C16H23NO2. The number of carboxylic acid groups (broad SMARTS) is 1. The van der Waals surface area contributed by atoms with Crippen LogP contribution in [0, 0.1) is 18.8 Å². The third-order valence-corrected chi connectivity index (χ3v) is 4.32. The predicted molar refractivity (Wildman–Crippen MR) is 77.8 cm³/mol. The Kier molecular flexibility index (Phi) is 4.46. The largest absolute Gasteiger partial charge is 0.478 e. The lowest BCUT2D eigenvalue weighted by Gasteiger charge is -2.29. The fraction of sp³-hybridized carbons (Fsp3) is 0.562. The number of hydrogen-bond acceptors (Lipinski definition) is 2. The molecule has 2 rings (SSSR count). The van der Waals surface area contributed by atoms with E-state index in [2.05, 4.69) is 12.2 Å². The normalized spacial score (nSPS) is 23.1. The topological polar surface area (TPSA) is 49.3 Å². The lowest BCUT2D eigenvalue weighted by Crippen LogP contribution is -2.24. The highest BCUT2D eigenvalue weighted by Crippen LogP contribution is 2.30. The molecule has 19 heavy (non-hydrogen) atoms. The molecule has 2 unspecified atom stereocenters. The Labute approximate surface area is 115 Å². The van der Waals surface area contributed by atoms with Gasteiger partial charge in [0.1, 0.15) is 0 Å². The van der Waals surface area contributed by atoms with Crippen molar-refractivity contribution in [1.82, 2.24) is 0 Å². The first-order valence-corrected chi connectivity index (χ1v) is 7.15. The van der Waals surface area contributed by atoms with Crippen molar-refractivity contribution >= 4 is 11.7 Å². The Hall–Kier alpha value is -1.51. The van der Waals surface area contributed by atoms with Crippen molar-refractivity contribution in [2.24, 2.45) is 11.8 Å². The third-order valence-electron chi connectivity index (χ3n) is 4.32. The van der Waals surface area contributed by atoms with Gasteiger partial charge in [-0.15, -0.1) is 0 Å². The molecule has 0 radical (unpaired) electrons. The first-order valence-electron chi connectivity index (χ1n) is 7.15. The van der Waals surface area contributed by atoms with Crippen LogP contribution in [0.3, 0.4) is 0 Å². The van der Waals surface area contributed by atoms with E-state index >= 15 is 0 Å². The van der Waals surface area contributed by atoms with Crippen molar-refractivity contribution in [2.75, 3.05) is 11.9 Å². The molecule has 1 aliphatic carbocycles. The SMILES string of the molecule is Cc1cc(C(=O)O)ccc1NCC1CCCCC1C. The number of anilines is 1. The van der Waals surface area contributed by atoms with Crippen LogP contribution in [0.15, 0.2) is 18.2 Å². The molecule has 0 heterocycles. The van der Waals surface area contributed by atoms with Crippen LogP contribution in [0.4, 0.5) is 5.69 Å². The number of carboxylic acids is 1. The predicted octanol–water partition coefficient (Wildman–Crippen LogP) is 3.93. The summed E-state index contributed by atoms with van der Waals surface area (Å²) in [5, 5.41) is 12.4. The monoisotopic (exact) mass is 261 g/mol. The summed E-state index contributed by atoms with van der Waals surface area (Å²) in [5.74, 6) is 0.669. The fourth-order valence-corrected chi connectivity index (χ4v) is 2.93. The molecule has 0 amide bonds. The maximum Gasteiger partial charge on any atom is 0.335 e. The van der Waals surface area contributed by atoms with Crippen molar-refractivity contribution in [2.45, 2.75) is 39.5 Å². The van der Waals surface area contributed by atoms with E-state index in [4.69, 9.17) is 5.11 Å². The Morgan fingerprint density at radius 2 is 2.11 bits per heavy atom. The summed E-state index contributed by atoms with van der Waals surface area (Å²) in [4.78, 5) is 10.9. The Morgan fingerprint density at radius 1 is 1.37 bits per heavy atom. The maximum atomic E-state index is 10.9. The van der Waals surface area contributed by atoms with Gasteiger partial charge in [-0.1, -0.05) is 26.2 Å². The molecule has 2 N–H and O–H groups in total. The highest BCUT2D eigenvalue weighted by Gasteiger charge is 2.21. The number of nitrogens with one attached hydrogen (secondary N) is 1. The first-order chi connectivity index (χ1) is 9.08. The molecule has 104 valence electrons. The summed E-state index contributed by atoms with van der Waals surface area (Å²) < 4.78 is 0. The molecule has 1 aromatic carbocycles. The molecule has 2 atom stereocenters. The zero-order valence-electron chi connectivity index (χ0n) is 11.8. The van der Waals surface area contributed by atoms with Crippen LogP contribution in [0.5, 0.6) is 0 Å². The lowest BCUT2D eigenvalue weighted by molar-refractivity contribution is 0.0697. The molecule has 0 bridgehead atoms. The molecule has 0 aromatic heterocycles. The number of hydrogen-bond donors (Lipinski definition) is 2. The molecular weight excluding hydrogens is 238 g/mol. The summed E-state index contributed by atoms with van der Waals surface area (Å²) in [7, 11) is 0. The highest BCUT2D eigenvalue weighted by atomic mass is 16.4. The summed E-state index contributed by atoms with van der Waals surface area (Å²) >= 11 is 0. The van der Waals surface area contributed by atoms with E-state index in [9.17, 15) is 4.79 Å². The second kappa shape index (κ2) is 6.09. The van der Waals surface area contributed by atoms with Gasteiger partial charge in [0, 0.05) is 12.2 Å². The number of aryl methyl sites for hydroxylation is 1.